The Kier molecular flexibility index (Phi) is 4.76. The number of aryl methyl sites for hydroxylation is 2. The van der Waals surface area contributed by atoms with Gasteiger partial charge in [-0.2, -0.15) is 0 Å². The fraction of sp³-hybridized carbons (Fsp3) is 0.280. The van der Waals surface area contributed by atoms with Crippen molar-refractivity contribution in [1.29, 1.82) is 0 Å². The van der Waals surface area contributed by atoms with Crippen LogP contribution in [0.4, 0.5) is 5.69 Å². The van der Waals surface area contributed by atoms with Gasteiger partial charge < -0.3 is 5.73 Å². The van der Waals surface area contributed by atoms with Crippen LogP contribution in [0.3, 0.4) is 0 Å². The monoisotopic (exact) mass is 371 g/mol. The Morgan fingerprint density at radius 1 is 0.786 bits per heavy atom. The molecule has 0 radical (unpaired) electrons. The summed E-state index contributed by atoms with van der Waals surface area (Å²) in [5.41, 5.74) is 13.5. The van der Waals surface area contributed by atoms with E-state index in [9.17, 15) is 0 Å². The molecular formula is C25H29N3+2. The molecule has 0 bridgehead atoms. The Balaban J connectivity index is 1.93. The van der Waals surface area contributed by atoms with Crippen LogP contribution in [0.5, 0.6) is 0 Å². The summed E-state index contributed by atoms with van der Waals surface area (Å²) in [7, 11) is 0. The number of pyridine rings is 2. The highest BCUT2D eigenvalue weighted by atomic mass is 15.2. The fourth-order valence-corrected chi connectivity index (χ4v) is 4.23. The summed E-state index contributed by atoms with van der Waals surface area (Å²) in [5, 5.41) is 2.45. The van der Waals surface area contributed by atoms with Gasteiger partial charge in [-0.25, -0.2) is 0 Å². The molecule has 2 aromatic heterocycles. The van der Waals surface area contributed by atoms with Gasteiger partial charge in [0.25, 0.3) is 0 Å². The molecule has 0 aliphatic carbocycles. The lowest BCUT2D eigenvalue weighted by Gasteiger charge is -2.11. The summed E-state index contributed by atoms with van der Waals surface area (Å²) in [6, 6.07) is 21.6. The summed E-state index contributed by atoms with van der Waals surface area (Å²) < 4.78 is 4.77. The van der Waals surface area contributed by atoms with Crippen molar-refractivity contribution in [3.63, 3.8) is 0 Å². The first-order valence-corrected chi connectivity index (χ1v) is 10.0. The lowest BCUT2D eigenvalue weighted by molar-refractivity contribution is -0.894. The summed E-state index contributed by atoms with van der Waals surface area (Å²) in [5.74, 6) is 0.635. The molecule has 0 atom stereocenters. The number of nitrogen functional groups attached to an aromatic ring is 1. The number of hydrogen-bond acceptors (Lipinski definition) is 1. The summed E-state index contributed by atoms with van der Waals surface area (Å²) in [4.78, 5) is 0. The van der Waals surface area contributed by atoms with E-state index in [-0.39, 0.29) is 0 Å². The molecule has 0 unspecified atom stereocenters. The standard InChI is InChI=1S/C25H28N3/c1-17(2)13-20-14-18(3)27(24-11-7-5-9-21(20)24)16-28-19(4)15-23(26)22-10-6-8-12-25(22)28/h5-12,14-15,17,26H,13,16H2,1-4H3/q+1/p+1. The van der Waals surface area contributed by atoms with Crippen molar-refractivity contribution in [2.24, 2.45) is 5.92 Å². The minimum Gasteiger partial charge on any atom is -0.398 e. The molecule has 2 N–H and O–H groups in total. The molecule has 0 amide bonds. The lowest BCUT2D eigenvalue weighted by atomic mass is 9.98. The average Bonchev–Trinajstić information content (AvgIpc) is 2.66. The zero-order chi connectivity index (χ0) is 19.8. The number of anilines is 1. The number of aromatic nitrogens is 2. The van der Waals surface area contributed by atoms with Gasteiger partial charge in [-0.15, -0.1) is 9.13 Å². The smallest absolute Gasteiger partial charge is 0.345 e. The number of nitrogens with two attached hydrogens (primary N) is 1. The van der Waals surface area contributed by atoms with Crippen LogP contribution in [-0.2, 0) is 13.1 Å². The summed E-state index contributed by atoms with van der Waals surface area (Å²) in [6.07, 6.45) is 1.10. The zero-order valence-electron chi connectivity index (χ0n) is 17.2. The second-order valence-electron chi connectivity index (χ2n) is 8.18. The highest BCUT2D eigenvalue weighted by molar-refractivity contribution is 5.87. The van der Waals surface area contributed by atoms with Crippen LogP contribution in [0.15, 0.2) is 60.7 Å². The SMILES string of the molecule is Cc1cc(N)c2ccccc2[n+]1C[n+]1c(C)cc(CC(C)C)c2ccccc21. The maximum absolute atomic E-state index is 6.29. The Morgan fingerprint density at radius 2 is 1.32 bits per heavy atom. The quantitative estimate of drug-likeness (QED) is 0.528. The van der Waals surface area contributed by atoms with Crippen molar-refractivity contribution >= 4 is 27.5 Å². The largest absolute Gasteiger partial charge is 0.398 e. The number of para-hydroxylation sites is 2. The molecule has 2 heterocycles. The van der Waals surface area contributed by atoms with Crippen LogP contribution in [0.25, 0.3) is 21.8 Å². The van der Waals surface area contributed by atoms with Gasteiger partial charge in [0.2, 0.25) is 11.0 Å². The third kappa shape index (κ3) is 3.22. The van der Waals surface area contributed by atoms with Crippen LogP contribution in [0.2, 0.25) is 0 Å². The van der Waals surface area contributed by atoms with Gasteiger partial charge in [0, 0.05) is 43.5 Å². The molecule has 0 fully saturated rings. The Bertz CT molecular complexity index is 1180. The first kappa shape index (κ1) is 18.4. The van der Waals surface area contributed by atoms with Gasteiger partial charge in [-0.3, -0.25) is 0 Å². The molecule has 3 heteroatoms. The van der Waals surface area contributed by atoms with Crippen LogP contribution >= 0.6 is 0 Å². The van der Waals surface area contributed by atoms with E-state index in [1.54, 1.807) is 0 Å². The number of hydrogen-bond donors (Lipinski definition) is 1. The van der Waals surface area contributed by atoms with Crippen molar-refractivity contribution < 1.29 is 9.13 Å². The van der Waals surface area contributed by atoms with E-state index in [1.807, 2.05) is 6.07 Å². The Hall–Kier alpha value is -2.94. The Labute approximate surface area is 167 Å². The highest BCUT2D eigenvalue weighted by Gasteiger charge is 2.24. The second-order valence-corrected chi connectivity index (χ2v) is 8.18. The summed E-state index contributed by atoms with van der Waals surface area (Å²) >= 11 is 0. The molecule has 0 saturated heterocycles. The van der Waals surface area contributed by atoms with Crippen molar-refractivity contribution in [3.8, 4) is 0 Å². The molecule has 2 aromatic carbocycles. The minimum absolute atomic E-state index is 0.635. The maximum Gasteiger partial charge on any atom is 0.345 e. The normalized spacial score (nSPS) is 11.6. The van der Waals surface area contributed by atoms with Crippen molar-refractivity contribution in [2.75, 3.05) is 5.73 Å². The van der Waals surface area contributed by atoms with E-state index < -0.39 is 0 Å². The molecule has 142 valence electrons. The number of nitrogens with zero attached hydrogens (tertiary/aromatic N) is 2. The van der Waals surface area contributed by atoms with Gasteiger partial charge in [-0.05, 0) is 30.0 Å². The Morgan fingerprint density at radius 3 is 1.96 bits per heavy atom. The van der Waals surface area contributed by atoms with E-state index >= 15 is 0 Å². The predicted octanol–water partition coefficient (Wildman–Crippen LogP) is 4.47. The van der Waals surface area contributed by atoms with Crippen molar-refractivity contribution in [3.05, 3.63) is 77.6 Å². The van der Waals surface area contributed by atoms with E-state index in [1.165, 1.54) is 33.4 Å². The van der Waals surface area contributed by atoms with E-state index in [0.717, 1.165) is 24.2 Å². The van der Waals surface area contributed by atoms with Gasteiger partial charge in [0.1, 0.15) is 0 Å². The molecule has 3 nitrogen and oxygen atoms in total. The van der Waals surface area contributed by atoms with Gasteiger partial charge in [0.05, 0.1) is 11.1 Å². The minimum atomic E-state index is 0.635. The van der Waals surface area contributed by atoms with Crippen LogP contribution in [0.1, 0.15) is 30.8 Å². The van der Waals surface area contributed by atoms with E-state index in [2.05, 4.69) is 91.4 Å². The molecule has 4 aromatic rings. The van der Waals surface area contributed by atoms with Crippen molar-refractivity contribution in [2.45, 2.75) is 40.8 Å². The number of rotatable bonds is 4. The van der Waals surface area contributed by atoms with Crippen LogP contribution in [0, 0.1) is 19.8 Å². The lowest BCUT2D eigenvalue weighted by Crippen LogP contribution is -2.55. The fourth-order valence-electron chi connectivity index (χ4n) is 4.23. The van der Waals surface area contributed by atoms with Crippen LogP contribution < -0.4 is 14.9 Å². The maximum atomic E-state index is 6.29. The molecule has 0 spiro atoms. The first-order chi connectivity index (χ1) is 13.5. The third-order valence-electron chi connectivity index (χ3n) is 5.56. The second kappa shape index (κ2) is 7.23. The number of fused-ring (bicyclic) bond motifs is 2. The molecule has 0 saturated carbocycles. The highest BCUT2D eigenvalue weighted by Crippen LogP contribution is 2.21. The average molecular weight is 372 g/mol. The molecule has 0 aliphatic rings. The molecular weight excluding hydrogens is 342 g/mol. The zero-order valence-corrected chi connectivity index (χ0v) is 17.2. The van der Waals surface area contributed by atoms with Gasteiger partial charge in [0.15, 0.2) is 11.4 Å². The predicted molar refractivity (Wildman–Crippen MR) is 116 cm³/mol. The van der Waals surface area contributed by atoms with Crippen LogP contribution in [-0.4, -0.2) is 0 Å². The van der Waals surface area contributed by atoms with E-state index in [4.69, 9.17) is 5.73 Å². The summed E-state index contributed by atoms with van der Waals surface area (Å²) in [6.45, 7) is 9.68. The number of benzene rings is 2. The van der Waals surface area contributed by atoms with Gasteiger partial charge >= 0.3 is 6.67 Å². The van der Waals surface area contributed by atoms with Crippen molar-refractivity contribution in [1.82, 2.24) is 0 Å². The van der Waals surface area contributed by atoms with E-state index in [0.29, 0.717) is 5.92 Å². The topological polar surface area (TPSA) is 33.8 Å². The third-order valence-corrected chi connectivity index (χ3v) is 5.56. The first-order valence-electron chi connectivity index (χ1n) is 10.0. The molecule has 4 rings (SSSR count). The molecule has 28 heavy (non-hydrogen) atoms. The van der Waals surface area contributed by atoms with Gasteiger partial charge in [-0.1, -0.05) is 38.1 Å². The molecule has 0 aliphatic heterocycles.